The fourth-order valence-corrected chi connectivity index (χ4v) is 1.95. The van der Waals surface area contributed by atoms with Gasteiger partial charge in [-0.25, -0.2) is 4.98 Å². The highest BCUT2D eigenvalue weighted by Crippen LogP contribution is 2.38. The molecule has 0 spiro atoms. The quantitative estimate of drug-likeness (QED) is 0.775. The first-order valence-electron chi connectivity index (χ1n) is 5.43. The molecule has 1 aliphatic carbocycles. The highest BCUT2D eigenvalue weighted by molar-refractivity contribution is 5.07. The molecule has 3 rings (SSSR count). The lowest BCUT2D eigenvalue weighted by Crippen LogP contribution is -2.16. The van der Waals surface area contributed by atoms with Gasteiger partial charge in [-0.05, 0) is 25.7 Å². The highest BCUT2D eigenvalue weighted by Gasteiger charge is 2.28. The van der Waals surface area contributed by atoms with Crippen LogP contribution in [0.5, 0.6) is 0 Å². The molecule has 2 fully saturated rings. The van der Waals surface area contributed by atoms with Crippen LogP contribution in [0.4, 0.5) is 0 Å². The summed E-state index contributed by atoms with van der Waals surface area (Å²) in [5.74, 6) is 3.14. The van der Waals surface area contributed by atoms with E-state index in [9.17, 15) is 0 Å². The van der Waals surface area contributed by atoms with Crippen LogP contribution in [0.3, 0.4) is 0 Å². The number of H-pyrrole nitrogens is 1. The van der Waals surface area contributed by atoms with Crippen LogP contribution in [-0.4, -0.2) is 28.4 Å². The molecule has 0 aromatic carbocycles. The minimum Gasteiger partial charge on any atom is -0.381 e. The smallest absolute Gasteiger partial charge is 0.156 e. The van der Waals surface area contributed by atoms with Gasteiger partial charge in [-0.1, -0.05) is 0 Å². The molecule has 1 aromatic heterocycles. The second kappa shape index (κ2) is 3.35. The Hall–Kier alpha value is -0.900. The van der Waals surface area contributed by atoms with E-state index in [4.69, 9.17) is 4.74 Å². The summed E-state index contributed by atoms with van der Waals surface area (Å²) in [4.78, 5) is 4.55. The highest BCUT2D eigenvalue weighted by atomic mass is 16.5. The number of aromatic amines is 1. The summed E-state index contributed by atoms with van der Waals surface area (Å²) in [6.45, 7) is 1.69. The van der Waals surface area contributed by atoms with Gasteiger partial charge >= 0.3 is 0 Å². The second-order valence-corrected chi connectivity index (χ2v) is 4.27. The van der Waals surface area contributed by atoms with Gasteiger partial charge in [0.05, 0.1) is 6.61 Å². The Morgan fingerprint density at radius 2 is 2.14 bits per heavy atom. The van der Waals surface area contributed by atoms with Crippen molar-refractivity contribution in [3.05, 3.63) is 11.6 Å². The molecule has 1 N–H and O–H groups in total. The van der Waals surface area contributed by atoms with Gasteiger partial charge in [-0.15, -0.1) is 0 Å². The molecule has 4 heteroatoms. The summed E-state index contributed by atoms with van der Waals surface area (Å²) < 4.78 is 5.43. The molecule has 1 unspecified atom stereocenters. The van der Waals surface area contributed by atoms with Crippen LogP contribution in [0, 0.1) is 0 Å². The zero-order chi connectivity index (χ0) is 9.38. The van der Waals surface area contributed by atoms with Crippen molar-refractivity contribution in [1.82, 2.24) is 15.2 Å². The average Bonchev–Trinajstić information content (AvgIpc) is 2.98. The number of hydrogen-bond donors (Lipinski definition) is 1. The zero-order valence-electron chi connectivity index (χ0n) is 8.20. The van der Waals surface area contributed by atoms with Gasteiger partial charge in [0, 0.05) is 18.4 Å². The van der Waals surface area contributed by atoms with E-state index in [0.29, 0.717) is 11.8 Å². The van der Waals surface area contributed by atoms with Gasteiger partial charge < -0.3 is 4.74 Å². The summed E-state index contributed by atoms with van der Waals surface area (Å²) in [5, 5.41) is 7.33. The van der Waals surface area contributed by atoms with Crippen molar-refractivity contribution < 1.29 is 4.74 Å². The zero-order valence-corrected chi connectivity index (χ0v) is 8.20. The van der Waals surface area contributed by atoms with Crippen LogP contribution in [0.2, 0.25) is 0 Å². The lowest BCUT2D eigenvalue weighted by Gasteiger charge is -2.18. The lowest BCUT2D eigenvalue weighted by atomic mass is 10.0. The van der Waals surface area contributed by atoms with Gasteiger partial charge in [-0.3, -0.25) is 5.10 Å². The number of ether oxygens (including phenoxy) is 1. The monoisotopic (exact) mass is 193 g/mol. The molecular weight excluding hydrogens is 178 g/mol. The van der Waals surface area contributed by atoms with Crippen molar-refractivity contribution in [3.8, 4) is 0 Å². The number of nitrogens with one attached hydrogen (secondary N) is 1. The molecule has 1 aromatic rings. The van der Waals surface area contributed by atoms with Crippen molar-refractivity contribution >= 4 is 0 Å². The Morgan fingerprint density at radius 3 is 2.86 bits per heavy atom. The van der Waals surface area contributed by atoms with Gasteiger partial charge in [0.1, 0.15) is 5.82 Å². The van der Waals surface area contributed by atoms with Crippen molar-refractivity contribution in [2.45, 2.75) is 37.5 Å². The van der Waals surface area contributed by atoms with Crippen LogP contribution in [-0.2, 0) is 4.74 Å². The predicted octanol–water partition coefficient (Wildman–Crippen LogP) is 1.58. The van der Waals surface area contributed by atoms with E-state index in [1.807, 2.05) is 0 Å². The van der Waals surface area contributed by atoms with E-state index in [0.717, 1.165) is 31.3 Å². The number of hydrogen-bond acceptors (Lipinski definition) is 3. The molecule has 1 aliphatic heterocycles. The van der Waals surface area contributed by atoms with E-state index >= 15 is 0 Å². The maximum atomic E-state index is 5.43. The molecule has 14 heavy (non-hydrogen) atoms. The summed E-state index contributed by atoms with van der Waals surface area (Å²) in [6.07, 6.45) is 4.85. The van der Waals surface area contributed by atoms with Crippen LogP contribution >= 0.6 is 0 Å². The average molecular weight is 193 g/mol. The minimum absolute atomic E-state index is 0.424. The molecule has 1 saturated heterocycles. The van der Waals surface area contributed by atoms with Crippen LogP contribution in [0.25, 0.3) is 0 Å². The molecule has 0 amide bonds. The van der Waals surface area contributed by atoms with Gasteiger partial charge in [0.2, 0.25) is 0 Å². The van der Waals surface area contributed by atoms with Gasteiger partial charge in [-0.2, -0.15) is 5.10 Å². The first-order chi connectivity index (χ1) is 6.93. The Labute approximate surface area is 83.1 Å². The Balaban J connectivity index is 1.74. The summed E-state index contributed by atoms with van der Waals surface area (Å²) in [6, 6.07) is 0. The fraction of sp³-hybridized carbons (Fsp3) is 0.800. The first kappa shape index (κ1) is 8.41. The summed E-state index contributed by atoms with van der Waals surface area (Å²) in [7, 11) is 0. The third-order valence-corrected chi connectivity index (χ3v) is 3.01. The second-order valence-electron chi connectivity index (χ2n) is 4.27. The standard InChI is InChI=1S/C10H15N3O/c1-2-8(6-14-5-1)10-11-9(12-13-10)7-3-4-7/h7-8H,1-6H2,(H,11,12,13). The lowest BCUT2D eigenvalue weighted by molar-refractivity contribution is 0.0781. The molecule has 2 heterocycles. The largest absolute Gasteiger partial charge is 0.381 e. The molecule has 76 valence electrons. The Kier molecular flexibility index (Phi) is 2.01. The topological polar surface area (TPSA) is 50.8 Å². The van der Waals surface area contributed by atoms with Crippen molar-refractivity contribution in [1.29, 1.82) is 0 Å². The summed E-state index contributed by atoms with van der Waals surface area (Å²) >= 11 is 0. The normalized spacial score (nSPS) is 27.9. The summed E-state index contributed by atoms with van der Waals surface area (Å²) in [5.41, 5.74) is 0. The van der Waals surface area contributed by atoms with E-state index in [-0.39, 0.29) is 0 Å². The molecule has 0 bridgehead atoms. The van der Waals surface area contributed by atoms with Gasteiger partial charge in [0.15, 0.2) is 5.82 Å². The van der Waals surface area contributed by atoms with Crippen molar-refractivity contribution in [2.75, 3.05) is 13.2 Å². The van der Waals surface area contributed by atoms with Gasteiger partial charge in [0.25, 0.3) is 0 Å². The Morgan fingerprint density at radius 1 is 1.21 bits per heavy atom. The third-order valence-electron chi connectivity index (χ3n) is 3.01. The number of aromatic nitrogens is 3. The molecule has 1 atom stereocenters. The van der Waals surface area contributed by atoms with E-state index in [2.05, 4.69) is 15.2 Å². The third kappa shape index (κ3) is 1.54. The molecule has 4 nitrogen and oxygen atoms in total. The number of rotatable bonds is 2. The molecule has 2 aliphatic rings. The van der Waals surface area contributed by atoms with E-state index in [1.165, 1.54) is 19.3 Å². The van der Waals surface area contributed by atoms with Crippen LogP contribution in [0.1, 0.15) is 49.2 Å². The number of nitrogens with zero attached hydrogens (tertiary/aromatic N) is 2. The predicted molar refractivity (Wildman–Crippen MR) is 51.2 cm³/mol. The van der Waals surface area contributed by atoms with Crippen LogP contribution < -0.4 is 0 Å². The first-order valence-corrected chi connectivity index (χ1v) is 5.43. The van der Waals surface area contributed by atoms with E-state index < -0.39 is 0 Å². The molecular formula is C10H15N3O. The van der Waals surface area contributed by atoms with Crippen LogP contribution in [0.15, 0.2) is 0 Å². The van der Waals surface area contributed by atoms with Crippen molar-refractivity contribution in [2.24, 2.45) is 0 Å². The van der Waals surface area contributed by atoms with E-state index in [1.54, 1.807) is 0 Å². The maximum Gasteiger partial charge on any atom is 0.156 e. The fourth-order valence-electron chi connectivity index (χ4n) is 1.95. The molecule has 1 saturated carbocycles. The SMILES string of the molecule is C1COCC(c2n[nH]c(C3CC3)n2)C1. The minimum atomic E-state index is 0.424. The van der Waals surface area contributed by atoms with Crippen molar-refractivity contribution in [3.63, 3.8) is 0 Å². The Bertz CT molecular complexity index is 313. The maximum absolute atomic E-state index is 5.43. The molecule has 0 radical (unpaired) electrons.